The third-order valence-corrected chi connectivity index (χ3v) is 2.62. The monoisotopic (exact) mass is 252 g/mol. The number of nitrogens with two attached hydrogens (primary N) is 1. The summed E-state index contributed by atoms with van der Waals surface area (Å²) in [6, 6.07) is 6.86. The molecule has 3 N–H and O–H groups in total. The molecule has 0 aliphatic rings. The molecule has 0 saturated heterocycles. The average molecular weight is 252 g/mol. The first-order valence-electron chi connectivity index (χ1n) is 5.25. The highest BCUT2D eigenvalue weighted by atomic mass is 32.1. The fraction of sp³-hybridized carbons (Fsp3) is 0.333. The number of thiocarbonyl (C=S) groups is 1. The SMILES string of the molecule is COC(C)CNC(=O)c1ccc(C(N)=S)cc1. The van der Waals surface area contributed by atoms with E-state index in [1.165, 1.54) is 0 Å². The van der Waals surface area contributed by atoms with Gasteiger partial charge in [0.2, 0.25) is 0 Å². The predicted molar refractivity (Wildman–Crippen MR) is 71.1 cm³/mol. The Morgan fingerprint density at radius 1 is 1.41 bits per heavy atom. The predicted octanol–water partition coefficient (Wildman–Crippen LogP) is 1.09. The molecule has 4 nitrogen and oxygen atoms in total. The van der Waals surface area contributed by atoms with E-state index in [1.54, 1.807) is 31.4 Å². The Morgan fingerprint density at radius 2 is 1.94 bits per heavy atom. The normalized spacial score (nSPS) is 11.9. The van der Waals surface area contributed by atoms with Crippen LogP contribution in [-0.4, -0.2) is 30.7 Å². The van der Waals surface area contributed by atoms with Crippen molar-refractivity contribution in [2.24, 2.45) is 5.73 Å². The zero-order valence-electron chi connectivity index (χ0n) is 9.90. The van der Waals surface area contributed by atoms with E-state index in [4.69, 9.17) is 22.7 Å². The molecule has 1 aromatic carbocycles. The minimum Gasteiger partial charge on any atom is -0.389 e. The number of benzene rings is 1. The van der Waals surface area contributed by atoms with Gasteiger partial charge in [-0.1, -0.05) is 24.4 Å². The van der Waals surface area contributed by atoms with Crippen LogP contribution in [0.15, 0.2) is 24.3 Å². The molecule has 1 rings (SSSR count). The lowest BCUT2D eigenvalue weighted by Gasteiger charge is -2.10. The average Bonchev–Trinajstić information content (AvgIpc) is 2.35. The van der Waals surface area contributed by atoms with E-state index in [0.717, 1.165) is 5.56 Å². The molecular weight excluding hydrogens is 236 g/mol. The van der Waals surface area contributed by atoms with Crippen molar-refractivity contribution in [3.05, 3.63) is 35.4 Å². The zero-order chi connectivity index (χ0) is 12.8. The Morgan fingerprint density at radius 3 is 2.41 bits per heavy atom. The van der Waals surface area contributed by atoms with Gasteiger partial charge in [0.1, 0.15) is 4.99 Å². The molecular formula is C12H16N2O2S. The largest absolute Gasteiger partial charge is 0.389 e. The highest BCUT2D eigenvalue weighted by Crippen LogP contribution is 2.04. The number of methoxy groups -OCH3 is 1. The molecule has 0 aliphatic carbocycles. The van der Waals surface area contributed by atoms with Gasteiger partial charge in [0.25, 0.3) is 5.91 Å². The summed E-state index contributed by atoms with van der Waals surface area (Å²) in [6.45, 7) is 2.36. The quantitative estimate of drug-likeness (QED) is 0.770. The number of carbonyl (C=O) groups is 1. The Balaban J connectivity index is 2.61. The number of carbonyl (C=O) groups excluding carboxylic acids is 1. The van der Waals surface area contributed by atoms with E-state index in [1.807, 2.05) is 6.92 Å². The van der Waals surface area contributed by atoms with Crippen molar-refractivity contribution in [3.63, 3.8) is 0 Å². The molecule has 0 spiro atoms. The third-order valence-electron chi connectivity index (χ3n) is 2.38. The second-order valence-electron chi connectivity index (χ2n) is 3.70. The van der Waals surface area contributed by atoms with E-state index in [-0.39, 0.29) is 12.0 Å². The molecule has 1 atom stereocenters. The first kappa shape index (κ1) is 13.6. The van der Waals surface area contributed by atoms with Crippen molar-refractivity contribution in [1.82, 2.24) is 5.32 Å². The molecule has 5 heteroatoms. The summed E-state index contributed by atoms with van der Waals surface area (Å²) in [6.07, 6.45) is -0.00478. The first-order valence-corrected chi connectivity index (χ1v) is 5.66. The van der Waals surface area contributed by atoms with Gasteiger partial charge in [-0.15, -0.1) is 0 Å². The summed E-state index contributed by atoms with van der Waals surface area (Å²) in [7, 11) is 1.60. The summed E-state index contributed by atoms with van der Waals surface area (Å²) >= 11 is 4.83. The van der Waals surface area contributed by atoms with Crippen molar-refractivity contribution in [3.8, 4) is 0 Å². The summed E-state index contributed by atoms with van der Waals surface area (Å²) in [5.74, 6) is -0.136. The van der Waals surface area contributed by atoms with Gasteiger partial charge in [0.15, 0.2) is 0 Å². The summed E-state index contributed by atoms with van der Waals surface area (Å²) in [5.41, 5.74) is 6.80. The van der Waals surface area contributed by atoms with Crippen molar-refractivity contribution in [2.75, 3.05) is 13.7 Å². The molecule has 0 aliphatic heterocycles. The standard InChI is InChI=1S/C12H16N2O2S/c1-8(16-2)7-14-12(15)10-5-3-9(4-6-10)11(13)17/h3-6,8H,7H2,1-2H3,(H2,13,17)(H,14,15). The number of amides is 1. The van der Waals surface area contributed by atoms with Gasteiger partial charge < -0.3 is 15.8 Å². The van der Waals surface area contributed by atoms with Crippen LogP contribution in [0, 0.1) is 0 Å². The second kappa shape index (κ2) is 6.32. The van der Waals surface area contributed by atoms with Gasteiger partial charge in [-0.25, -0.2) is 0 Å². The Hall–Kier alpha value is -1.46. The molecule has 92 valence electrons. The molecule has 0 fully saturated rings. The molecule has 0 bridgehead atoms. The van der Waals surface area contributed by atoms with Crippen LogP contribution in [0.3, 0.4) is 0 Å². The molecule has 1 amide bonds. The lowest BCUT2D eigenvalue weighted by molar-refractivity contribution is 0.0870. The fourth-order valence-electron chi connectivity index (χ4n) is 1.21. The van der Waals surface area contributed by atoms with Crippen LogP contribution in [0.25, 0.3) is 0 Å². The van der Waals surface area contributed by atoms with Gasteiger partial charge in [-0.3, -0.25) is 4.79 Å². The number of hydrogen-bond donors (Lipinski definition) is 2. The maximum absolute atomic E-state index is 11.7. The lowest BCUT2D eigenvalue weighted by atomic mass is 10.1. The zero-order valence-corrected chi connectivity index (χ0v) is 10.7. The maximum Gasteiger partial charge on any atom is 0.251 e. The first-order chi connectivity index (χ1) is 8.04. The maximum atomic E-state index is 11.7. The van der Waals surface area contributed by atoms with E-state index in [0.29, 0.717) is 17.1 Å². The molecule has 0 saturated carbocycles. The fourth-order valence-corrected chi connectivity index (χ4v) is 1.34. The summed E-state index contributed by atoms with van der Waals surface area (Å²) in [5, 5.41) is 2.77. The van der Waals surface area contributed by atoms with Crippen LogP contribution in [0.2, 0.25) is 0 Å². The molecule has 17 heavy (non-hydrogen) atoms. The van der Waals surface area contributed by atoms with Crippen molar-refractivity contribution >= 4 is 23.1 Å². The summed E-state index contributed by atoms with van der Waals surface area (Å²) in [4.78, 5) is 12.0. The van der Waals surface area contributed by atoms with E-state index in [9.17, 15) is 4.79 Å². The van der Waals surface area contributed by atoms with Gasteiger partial charge in [0, 0.05) is 24.8 Å². The molecule has 0 heterocycles. The van der Waals surface area contributed by atoms with E-state index >= 15 is 0 Å². The van der Waals surface area contributed by atoms with Crippen LogP contribution in [0.5, 0.6) is 0 Å². The van der Waals surface area contributed by atoms with Crippen molar-refractivity contribution in [2.45, 2.75) is 13.0 Å². The Labute approximate surface area is 106 Å². The van der Waals surface area contributed by atoms with E-state index < -0.39 is 0 Å². The van der Waals surface area contributed by atoms with Gasteiger partial charge in [-0.2, -0.15) is 0 Å². The number of ether oxygens (including phenoxy) is 1. The molecule has 1 unspecified atom stereocenters. The third kappa shape index (κ3) is 4.13. The van der Waals surface area contributed by atoms with Gasteiger partial charge >= 0.3 is 0 Å². The van der Waals surface area contributed by atoms with Crippen LogP contribution in [-0.2, 0) is 4.74 Å². The Kier molecular flexibility index (Phi) is 5.06. The van der Waals surface area contributed by atoms with Crippen LogP contribution >= 0.6 is 12.2 Å². The van der Waals surface area contributed by atoms with Crippen molar-refractivity contribution < 1.29 is 9.53 Å². The highest BCUT2D eigenvalue weighted by molar-refractivity contribution is 7.80. The van der Waals surface area contributed by atoms with Gasteiger partial charge in [-0.05, 0) is 19.1 Å². The Bertz CT molecular complexity index is 403. The minimum atomic E-state index is -0.136. The molecule has 1 aromatic rings. The van der Waals surface area contributed by atoms with Crippen molar-refractivity contribution in [1.29, 1.82) is 0 Å². The highest BCUT2D eigenvalue weighted by Gasteiger charge is 2.07. The molecule has 0 aromatic heterocycles. The van der Waals surface area contributed by atoms with Crippen LogP contribution < -0.4 is 11.1 Å². The lowest BCUT2D eigenvalue weighted by Crippen LogP contribution is -2.31. The second-order valence-corrected chi connectivity index (χ2v) is 4.14. The number of nitrogens with one attached hydrogen (secondary N) is 1. The minimum absolute atomic E-state index is 0.00478. The smallest absolute Gasteiger partial charge is 0.251 e. The summed E-state index contributed by atoms with van der Waals surface area (Å²) < 4.78 is 5.04. The molecule has 0 radical (unpaired) electrons. The number of hydrogen-bond acceptors (Lipinski definition) is 3. The topological polar surface area (TPSA) is 64.3 Å². The number of rotatable bonds is 5. The van der Waals surface area contributed by atoms with Gasteiger partial charge in [0.05, 0.1) is 6.10 Å². The van der Waals surface area contributed by atoms with E-state index in [2.05, 4.69) is 5.32 Å². The van der Waals surface area contributed by atoms with Crippen LogP contribution in [0.1, 0.15) is 22.8 Å². The van der Waals surface area contributed by atoms with Crippen LogP contribution in [0.4, 0.5) is 0 Å².